The number of amides is 2. The molecule has 3 atom stereocenters. The van der Waals surface area contributed by atoms with E-state index < -0.39 is 12.3 Å². The van der Waals surface area contributed by atoms with Crippen molar-refractivity contribution in [3.63, 3.8) is 0 Å². The molecule has 1 aliphatic carbocycles. The van der Waals surface area contributed by atoms with Crippen LogP contribution in [0.5, 0.6) is 0 Å². The van der Waals surface area contributed by atoms with Crippen molar-refractivity contribution < 1.29 is 14.6 Å². The summed E-state index contributed by atoms with van der Waals surface area (Å²) in [6, 6.07) is 18.9. The lowest BCUT2D eigenvalue weighted by Gasteiger charge is -2.34. The largest absolute Gasteiger partial charge is 0.376 e. The van der Waals surface area contributed by atoms with Gasteiger partial charge in [-0.2, -0.15) is 0 Å². The molecule has 1 unspecified atom stereocenters. The Kier molecular flexibility index (Phi) is 8.65. The molecule has 2 aromatic carbocycles. The van der Waals surface area contributed by atoms with Gasteiger partial charge in [0.05, 0.1) is 18.8 Å². The fourth-order valence-corrected chi connectivity index (χ4v) is 5.30. The second-order valence-electron chi connectivity index (χ2n) is 11.2. The number of aromatic amines is 1. The van der Waals surface area contributed by atoms with Gasteiger partial charge in [0, 0.05) is 30.7 Å². The summed E-state index contributed by atoms with van der Waals surface area (Å²) >= 11 is 0. The van der Waals surface area contributed by atoms with Gasteiger partial charge in [-0.15, -0.1) is 0 Å². The quantitative estimate of drug-likeness (QED) is 0.469. The van der Waals surface area contributed by atoms with E-state index in [-0.39, 0.29) is 30.2 Å². The van der Waals surface area contributed by atoms with Gasteiger partial charge in [0.25, 0.3) is 5.56 Å². The number of benzene rings is 2. The molecule has 3 aromatic rings. The van der Waals surface area contributed by atoms with Gasteiger partial charge in [-0.05, 0) is 54.8 Å². The maximum absolute atomic E-state index is 13.0. The summed E-state index contributed by atoms with van der Waals surface area (Å²) in [5.74, 6) is 1.19. The average molecular weight is 533 g/mol. The number of H-pyrrole nitrogens is 1. The summed E-state index contributed by atoms with van der Waals surface area (Å²) in [5.41, 5.74) is 2.61. The van der Waals surface area contributed by atoms with Crippen LogP contribution in [0.1, 0.15) is 55.8 Å². The first kappa shape index (κ1) is 27.4. The Morgan fingerprint density at radius 3 is 2.38 bits per heavy atom. The number of aromatic nitrogens is 1. The van der Waals surface area contributed by atoms with Gasteiger partial charge in [-0.3, -0.25) is 9.69 Å². The molecule has 3 heterocycles. The van der Waals surface area contributed by atoms with Crippen LogP contribution in [-0.4, -0.2) is 71.5 Å². The Morgan fingerprint density at radius 2 is 1.69 bits per heavy atom. The van der Waals surface area contributed by atoms with Gasteiger partial charge in [0.2, 0.25) is 0 Å². The first-order chi connectivity index (χ1) is 18.9. The van der Waals surface area contributed by atoms with E-state index in [1.165, 1.54) is 12.8 Å². The minimum absolute atomic E-state index is 0.0543. The van der Waals surface area contributed by atoms with Gasteiger partial charge >= 0.3 is 6.03 Å². The Balaban J connectivity index is 0.000000707. The van der Waals surface area contributed by atoms with Crippen molar-refractivity contribution in [3.05, 3.63) is 82.1 Å². The molecule has 8 heteroatoms. The van der Waals surface area contributed by atoms with Crippen molar-refractivity contribution in [1.82, 2.24) is 20.1 Å². The Labute approximate surface area is 230 Å². The van der Waals surface area contributed by atoms with E-state index >= 15 is 0 Å². The van der Waals surface area contributed by atoms with Crippen LogP contribution >= 0.6 is 0 Å². The number of hydrogen-bond acceptors (Lipinski definition) is 5. The van der Waals surface area contributed by atoms with Crippen molar-refractivity contribution >= 4 is 16.9 Å². The van der Waals surface area contributed by atoms with Crippen LogP contribution in [-0.2, 0) is 4.74 Å². The number of para-hydroxylation sites is 1. The number of likely N-dealkylation sites (N-methyl/N-ethyl adjacent to an activating group) is 1. The molecule has 3 aliphatic rings. The van der Waals surface area contributed by atoms with Crippen LogP contribution in [0.4, 0.5) is 4.79 Å². The zero-order chi connectivity index (χ0) is 27.4. The van der Waals surface area contributed by atoms with E-state index in [1.807, 2.05) is 72.6 Å². The molecule has 2 aliphatic heterocycles. The lowest BCUT2D eigenvalue weighted by molar-refractivity contribution is 0.00141. The number of carbonyl (C=O) groups excluding carboxylic acids is 1. The van der Waals surface area contributed by atoms with Gasteiger partial charge < -0.3 is 25.0 Å². The number of carbonyl (C=O) groups is 1. The number of nitrogens with one attached hydrogen (secondary N) is 2. The predicted octanol–water partition coefficient (Wildman–Crippen LogP) is 4.22. The molecular formula is C31H40N4O4. The van der Waals surface area contributed by atoms with Gasteiger partial charge in [0.1, 0.15) is 6.23 Å². The summed E-state index contributed by atoms with van der Waals surface area (Å²) in [6.07, 6.45) is 3.39. The zero-order valence-corrected chi connectivity index (χ0v) is 22.9. The molecule has 0 bridgehead atoms. The lowest BCUT2D eigenvalue weighted by Crippen LogP contribution is -2.55. The normalized spacial score (nSPS) is 24.5. The van der Waals surface area contributed by atoms with E-state index in [0.29, 0.717) is 32.5 Å². The maximum Gasteiger partial charge on any atom is 0.317 e. The molecule has 3 fully saturated rings. The van der Waals surface area contributed by atoms with Crippen molar-refractivity contribution in [3.8, 4) is 0 Å². The Bertz CT molecular complexity index is 1300. The average Bonchev–Trinajstić information content (AvgIpc) is 3.77. The number of pyridine rings is 1. The van der Waals surface area contributed by atoms with Crippen LogP contribution in [0.2, 0.25) is 0 Å². The van der Waals surface area contributed by atoms with Crippen LogP contribution in [0.25, 0.3) is 10.9 Å². The first-order valence-electron chi connectivity index (χ1n) is 14.1. The summed E-state index contributed by atoms with van der Waals surface area (Å²) in [5, 5.41) is 14.8. The van der Waals surface area contributed by atoms with Crippen LogP contribution in [0.15, 0.2) is 65.5 Å². The highest BCUT2D eigenvalue weighted by Crippen LogP contribution is 2.28. The number of aliphatic hydroxyl groups is 1. The molecule has 0 radical (unpaired) electrons. The third kappa shape index (κ3) is 6.87. The van der Waals surface area contributed by atoms with E-state index in [0.717, 1.165) is 27.9 Å². The number of rotatable bonds is 3. The number of fused-ring (bicyclic) bond motifs is 1. The summed E-state index contributed by atoms with van der Waals surface area (Å²) in [7, 11) is 1.83. The minimum Gasteiger partial charge on any atom is -0.376 e. The molecule has 8 nitrogen and oxygen atoms in total. The number of likely N-dealkylation sites (tertiary alicyclic amines) is 1. The second-order valence-corrected chi connectivity index (χ2v) is 11.2. The van der Waals surface area contributed by atoms with Crippen molar-refractivity contribution in [2.75, 3.05) is 33.3 Å². The van der Waals surface area contributed by atoms with Crippen molar-refractivity contribution in [1.29, 1.82) is 0 Å². The standard InChI is InChI=1S/C27H32N4O4.C4H8/c1-30-16-24(19-7-3-2-4-8-19)35-17-23(26(30)33)29-27(34)31-13-11-18(12-14-31)21-15-20-9-5-6-10-22(20)28-25(21)32;1-4-2-3-4/h2-10,15,18,23-24,26,33H,11-14,16-17H2,1H3,(H,28,32)(H,29,34);4H,2-3H2,1H3/t23-,24-,26?;/m1./s1. The molecule has 39 heavy (non-hydrogen) atoms. The minimum atomic E-state index is -0.846. The highest BCUT2D eigenvalue weighted by atomic mass is 16.5. The lowest BCUT2D eigenvalue weighted by atomic mass is 9.89. The molecular weight excluding hydrogens is 492 g/mol. The molecule has 2 amide bonds. The molecule has 3 N–H and O–H groups in total. The molecule has 0 spiro atoms. The van der Waals surface area contributed by atoms with E-state index in [9.17, 15) is 14.7 Å². The number of piperidine rings is 1. The van der Waals surface area contributed by atoms with Crippen molar-refractivity contribution in [2.45, 2.75) is 56.9 Å². The maximum atomic E-state index is 13.0. The number of nitrogens with zero attached hydrogens (tertiary/aromatic N) is 2. The predicted molar refractivity (Wildman–Crippen MR) is 153 cm³/mol. The van der Waals surface area contributed by atoms with Crippen LogP contribution in [0.3, 0.4) is 0 Å². The van der Waals surface area contributed by atoms with Gasteiger partial charge in [-0.25, -0.2) is 4.79 Å². The topological polar surface area (TPSA) is 97.9 Å². The van der Waals surface area contributed by atoms with Crippen molar-refractivity contribution in [2.24, 2.45) is 5.92 Å². The SMILES string of the molecule is CC1CC1.CN1C[C@H](c2ccccc2)OC[C@@H](NC(=O)N2CCC(c3cc4ccccc4[nH]c3=O)CC2)C1O. The Morgan fingerprint density at radius 1 is 1.03 bits per heavy atom. The molecule has 208 valence electrons. The fraction of sp³-hybridized carbons (Fsp3) is 0.484. The number of aliphatic hydroxyl groups excluding tert-OH is 1. The first-order valence-corrected chi connectivity index (χ1v) is 14.1. The highest BCUT2D eigenvalue weighted by molar-refractivity contribution is 5.79. The molecule has 6 rings (SSSR count). The zero-order valence-electron chi connectivity index (χ0n) is 22.9. The van der Waals surface area contributed by atoms with E-state index in [4.69, 9.17) is 4.74 Å². The number of urea groups is 1. The van der Waals surface area contributed by atoms with E-state index in [1.54, 1.807) is 4.90 Å². The number of ether oxygens (including phenoxy) is 1. The molecule has 1 aromatic heterocycles. The van der Waals surface area contributed by atoms with E-state index in [2.05, 4.69) is 17.2 Å². The summed E-state index contributed by atoms with van der Waals surface area (Å²) in [6.45, 7) is 4.13. The molecule has 1 saturated carbocycles. The fourth-order valence-electron chi connectivity index (χ4n) is 5.30. The van der Waals surface area contributed by atoms with Crippen LogP contribution in [0, 0.1) is 5.92 Å². The summed E-state index contributed by atoms with van der Waals surface area (Å²) < 4.78 is 6.08. The third-order valence-corrected chi connectivity index (χ3v) is 8.09. The molecule has 2 saturated heterocycles. The van der Waals surface area contributed by atoms with Gasteiger partial charge in [-0.1, -0.05) is 68.3 Å². The monoisotopic (exact) mass is 532 g/mol. The second kappa shape index (κ2) is 12.3. The number of hydrogen-bond donors (Lipinski definition) is 3. The smallest absolute Gasteiger partial charge is 0.317 e. The summed E-state index contributed by atoms with van der Waals surface area (Å²) in [4.78, 5) is 32.2. The van der Waals surface area contributed by atoms with Crippen LogP contribution < -0.4 is 10.9 Å². The third-order valence-electron chi connectivity index (χ3n) is 8.09. The highest BCUT2D eigenvalue weighted by Gasteiger charge is 2.34. The van der Waals surface area contributed by atoms with Gasteiger partial charge in [0.15, 0.2) is 0 Å². The Hall–Kier alpha value is -3.20.